The molecule has 0 unspecified atom stereocenters. The van der Waals surface area contributed by atoms with Crippen LogP contribution in [0.1, 0.15) is 34.1 Å². The lowest BCUT2D eigenvalue weighted by molar-refractivity contribution is -0.176. The molecule has 0 spiro atoms. The normalized spacial score (nSPS) is 21.6. The van der Waals surface area contributed by atoms with Crippen LogP contribution >= 0.6 is 0 Å². The van der Waals surface area contributed by atoms with Gasteiger partial charge in [0.1, 0.15) is 11.6 Å². The average molecular weight is 465 g/mol. The van der Waals surface area contributed by atoms with E-state index in [9.17, 15) is 18.0 Å². The number of rotatable bonds is 2. The van der Waals surface area contributed by atoms with Crippen molar-refractivity contribution in [2.45, 2.75) is 46.3 Å². The maximum atomic E-state index is 13.3. The highest BCUT2D eigenvalue weighted by molar-refractivity contribution is 6.04. The highest BCUT2D eigenvalue weighted by Crippen LogP contribution is 2.41. The Balaban J connectivity index is 0.00000153. The summed E-state index contributed by atoms with van der Waals surface area (Å²) in [5.74, 6) is 0.0527. The Morgan fingerprint density at radius 1 is 1.03 bits per heavy atom. The van der Waals surface area contributed by atoms with Crippen molar-refractivity contribution in [1.82, 2.24) is 9.97 Å². The Labute approximate surface area is 192 Å². The number of nitrogens with zero attached hydrogens (tertiary/aromatic N) is 5. The molecule has 2 saturated heterocycles. The largest absolute Gasteiger partial charge is 0.393 e. The lowest BCUT2D eigenvalue weighted by Gasteiger charge is -2.38. The first kappa shape index (κ1) is 24.6. The minimum Gasteiger partial charge on any atom is -0.366 e. The topological polar surface area (TPSA) is 64.6 Å². The molecule has 2 amide bonds. The molecule has 1 N–H and O–H groups in total. The Morgan fingerprint density at radius 3 is 2.58 bits per heavy atom. The van der Waals surface area contributed by atoms with Crippen LogP contribution in [-0.2, 0) is 0 Å². The van der Waals surface area contributed by atoms with Gasteiger partial charge in [-0.15, -0.1) is 0 Å². The molecule has 2 bridgehead atoms. The van der Waals surface area contributed by atoms with Gasteiger partial charge in [0, 0.05) is 32.4 Å². The number of halogens is 3. The van der Waals surface area contributed by atoms with Crippen molar-refractivity contribution in [2.75, 3.05) is 46.2 Å². The summed E-state index contributed by atoms with van der Waals surface area (Å²) in [5.41, 5.74) is 0.832. The number of pyridine rings is 2. The van der Waals surface area contributed by atoms with Crippen molar-refractivity contribution in [1.29, 1.82) is 0 Å². The molecule has 7 nitrogen and oxygen atoms in total. The van der Waals surface area contributed by atoms with Crippen LogP contribution < -0.4 is 20.0 Å². The average Bonchev–Trinajstić information content (AvgIpc) is 3.18. The number of hydrogen-bond acceptors (Lipinski definition) is 5. The molecule has 0 saturated carbocycles. The summed E-state index contributed by atoms with van der Waals surface area (Å²) in [7, 11) is 0. The number of aromatic nitrogens is 2. The quantitative estimate of drug-likeness (QED) is 0.665. The smallest absolute Gasteiger partial charge is 0.366 e. The Bertz CT molecular complexity index is 970. The molecule has 2 atom stereocenters. The third kappa shape index (κ3) is 4.69. The van der Waals surface area contributed by atoms with Gasteiger partial charge in [0.2, 0.25) is 0 Å². The molecule has 5 rings (SSSR count). The highest BCUT2D eigenvalue weighted by Gasteiger charge is 2.43. The number of carbonyl (C=O) groups is 1. The lowest BCUT2D eigenvalue weighted by Crippen LogP contribution is -2.48. The molecule has 33 heavy (non-hydrogen) atoms. The van der Waals surface area contributed by atoms with E-state index in [0.29, 0.717) is 37.0 Å². The standard InChI is InChI=1S/C21H23F3N6O.2CH4/c22-21(23,24)14-4-3-10-29(12-14)18-7-6-16-19(27-18)30(15-8-11-28(16)13-15)20(31)26-17-5-1-2-9-25-17;;/h1-2,5-7,9,14-15H,3-4,8,10-13H2,(H,25,26,31);2*1H4/t14-,15+;;/m1../s1. The Hall–Kier alpha value is -3.04. The monoisotopic (exact) mass is 464 g/mol. The van der Waals surface area contributed by atoms with Gasteiger partial charge < -0.3 is 9.80 Å². The van der Waals surface area contributed by atoms with Gasteiger partial charge in [-0.1, -0.05) is 20.9 Å². The summed E-state index contributed by atoms with van der Waals surface area (Å²) in [6.07, 6.45) is -1.21. The first-order valence-electron chi connectivity index (χ1n) is 10.5. The first-order chi connectivity index (χ1) is 14.9. The molecule has 0 radical (unpaired) electrons. The molecule has 0 aromatic carbocycles. The Kier molecular flexibility index (Phi) is 7.04. The van der Waals surface area contributed by atoms with E-state index in [1.165, 1.54) is 0 Å². The minimum absolute atomic E-state index is 0. The lowest BCUT2D eigenvalue weighted by atomic mass is 9.97. The first-order valence-corrected chi connectivity index (χ1v) is 10.5. The van der Waals surface area contributed by atoms with Crippen molar-refractivity contribution in [3.63, 3.8) is 0 Å². The van der Waals surface area contributed by atoms with Crippen LogP contribution in [0, 0.1) is 5.92 Å². The molecule has 2 aromatic heterocycles. The van der Waals surface area contributed by atoms with Crippen LogP contribution in [0.4, 0.5) is 41.1 Å². The van der Waals surface area contributed by atoms with E-state index in [4.69, 9.17) is 4.98 Å². The second-order valence-corrected chi connectivity index (χ2v) is 8.24. The van der Waals surface area contributed by atoms with Crippen molar-refractivity contribution in [3.8, 4) is 0 Å². The van der Waals surface area contributed by atoms with Crippen LogP contribution in [0.25, 0.3) is 0 Å². The zero-order valence-electron chi connectivity index (χ0n) is 16.8. The van der Waals surface area contributed by atoms with E-state index < -0.39 is 12.1 Å². The summed E-state index contributed by atoms with van der Waals surface area (Å²) >= 11 is 0. The van der Waals surface area contributed by atoms with Crippen molar-refractivity contribution < 1.29 is 18.0 Å². The van der Waals surface area contributed by atoms with E-state index in [-0.39, 0.29) is 39.9 Å². The second kappa shape index (κ2) is 9.44. The zero-order valence-corrected chi connectivity index (χ0v) is 16.8. The van der Waals surface area contributed by atoms with Crippen LogP contribution in [0.5, 0.6) is 0 Å². The fourth-order valence-corrected chi connectivity index (χ4v) is 4.70. The van der Waals surface area contributed by atoms with Gasteiger partial charge in [-0.2, -0.15) is 13.2 Å². The zero-order chi connectivity index (χ0) is 21.6. The molecule has 0 aliphatic carbocycles. The van der Waals surface area contributed by atoms with Crippen molar-refractivity contribution >= 4 is 29.2 Å². The van der Waals surface area contributed by atoms with Gasteiger partial charge in [0.25, 0.3) is 0 Å². The number of hydrogen-bond donors (Lipinski definition) is 1. The molecule has 2 aromatic rings. The number of alkyl halides is 3. The molecule has 180 valence electrons. The molecular formula is C23H31F3N6O. The highest BCUT2D eigenvalue weighted by atomic mass is 19.4. The summed E-state index contributed by atoms with van der Waals surface area (Å²) in [4.78, 5) is 27.5. The van der Waals surface area contributed by atoms with Crippen molar-refractivity contribution in [3.05, 3.63) is 36.5 Å². The summed E-state index contributed by atoms with van der Waals surface area (Å²) in [6.45, 7) is 1.93. The van der Waals surface area contributed by atoms with Gasteiger partial charge >= 0.3 is 12.2 Å². The van der Waals surface area contributed by atoms with Gasteiger partial charge in [0.15, 0.2) is 5.82 Å². The number of fused-ring (bicyclic) bond motifs is 4. The number of anilines is 4. The van der Waals surface area contributed by atoms with E-state index >= 15 is 0 Å². The Morgan fingerprint density at radius 2 is 1.85 bits per heavy atom. The van der Waals surface area contributed by atoms with E-state index in [1.807, 2.05) is 6.07 Å². The fraction of sp³-hybridized carbons (Fsp3) is 0.522. The van der Waals surface area contributed by atoms with Crippen LogP contribution in [0.3, 0.4) is 0 Å². The SMILES string of the molecule is C.C.O=C(Nc1ccccn1)N1c2nc(N3CCC[C@@H](C(F)(F)F)C3)ccc2N2CC[C@H]1C2. The van der Waals surface area contributed by atoms with Gasteiger partial charge in [-0.05, 0) is 43.5 Å². The van der Waals surface area contributed by atoms with Crippen molar-refractivity contribution in [2.24, 2.45) is 5.92 Å². The van der Waals surface area contributed by atoms with Crippen LogP contribution in [-0.4, -0.2) is 54.4 Å². The molecule has 5 heterocycles. The number of urea groups is 1. The summed E-state index contributed by atoms with van der Waals surface area (Å²) < 4.78 is 39.8. The second-order valence-electron chi connectivity index (χ2n) is 8.24. The van der Waals surface area contributed by atoms with E-state index in [1.54, 1.807) is 40.3 Å². The number of amides is 2. The maximum absolute atomic E-state index is 13.3. The number of piperidine rings is 1. The fourth-order valence-electron chi connectivity index (χ4n) is 4.70. The third-order valence-electron chi connectivity index (χ3n) is 6.26. The summed E-state index contributed by atoms with van der Waals surface area (Å²) in [6, 6.07) is 8.53. The molecular weight excluding hydrogens is 433 g/mol. The number of carbonyl (C=O) groups excluding carboxylic acids is 1. The number of nitrogens with one attached hydrogen (secondary N) is 1. The van der Waals surface area contributed by atoms with Gasteiger partial charge in [-0.3, -0.25) is 10.2 Å². The minimum atomic E-state index is -4.22. The van der Waals surface area contributed by atoms with E-state index in [2.05, 4.69) is 15.2 Å². The predicted molar refractivity (Wildman–Crippen MR) is 125 cm³/mol. The predicted octanol–water partition coefficient (Wildman–Crippen LogP) is 5.16. The molecule has 2 fully saturated rings. The van der Waals surface area contributed by atoms with Gasteiger partial charge in [0.05, 0.1) is 17.6 Å². The van der Waals surface area contributed by atoms with E-state index in [0.717, 1.165) is 18.7 Å². The molecule has 10 heteroatoms. The molecule has 3 aliphatic heterocycles. The van der Waals surface area contributed by atoms with Crippen LogP contribution in [0.2, 0.25) is 0 Å². The van der Waals surface area contributed by atoms with Crippen LogP contribution in [0.15, 0.2) is 36.5 Å². The molecule has 3 aliphatic rings. The van der Waals surface area contributed by atoms with Gasteiger partial charge in [-0.25, -0.2) is 14.8 Å². The summed E-state index contributed by atoms with van der Waals surface area (Å²) in [5, 5.41) is 2.82. The maximum Gasteiger partial charge on any atom is 0.393 e. The third-order valence-corrected chi connectivity index (χ3v) is 6.26.